The molecule has 0 aromatic carbocycles. The minimum absolute atomic E-state index is 0.0272. The summed E-state index contributed by atoms with van der Waals surface area (Å²) in [5, 5.41) is 9.87. The van der Waals surface area contributed by atoms with Crippen LogP contribution in [0.3, 0.4) is 0 Å². The zero-order valence-electron chi connectivity index (χ0n) is 8.10. The molecule has 6 heteroatoms. The molecule has 1 saturated heterocycles. The number of nitrogens with two attached hydrogens (primary N) is 1. The van der Waals surface area contributed by atoms with Crippen LogP contribution in [0.4, 0.5) is 5.00 Å². The molecule has 2 rings (SSSR count). The fourth-order valence-corrected chi connectivity index (χ4v) is 2.56. The third-order valence-corrected chi connectivity index (χ3v) is 3.43. The van der Waals surface area contributed by atoms with Gasteiger partial charge in [-0.1, -0.05) is 0 Å². The second-order valence-electron chi connectivity index (χ2n) is 3.48. The molecule has 2 heterocycles. The highest BCUT2D eigenvalue weighted by molar-refractivity contribution is 7.16. The summed E-state index contributed by atoms with van der Waals surface area (Å²) in [6.45, 7) is 1.40. The highest BCUT2D eigenvalue weighted by Gasteiger charge is 2.23. The molecule has 15 heavy (non-hydrogen) atoms. The number of hydrogen-bond donors (Lipinski definition) is 2. The summed E-state index contributed by atoms with van der Waals surface area (Å²) in [5.74, 6) is -0.856. The number of rotatable bonds is 2. The molecule has 0 bridgehead atoms. The van der Waals surface area contributed by atoms with Gasteiger partial charge < -0.3 is 15.6 Å². The predicted molar refractivity (Wildman–Crippen MR) is 56.3 cm³/mol. The van der Waals surface area contributed by atoms with Crippen molar-refractivity contribution in [3.63, 3.8) is 0 Å². The van der Waals surface area contributed by atoms with Crippen molar-refractivity contribution in [2.75, 3.05) is 18.9 Å². The van der Waals surface area contributed by atoms with Crippen molar-refractivity contribution in [3.05, 3.63) is 10.7 Å². The van der Waals surface area contributed by atoms with Gasteiger partial charge in [-0.3, -0.25) is 0 Å². The predicted octanol–water partition coefficient (Wildman–Crippen LogP) is 1.32. The van der Waals surface area contributed by atoms with E-state index in [0.717, 1.165) is 24.5 Å². The standard InChI is InChI=1S/C9H12N2O3S/c10-7-6(9(12)13)11-8(15-7)5-2-1-3-14-4-5/h5H,1-4,10H2,(H,12,13). The first-order valence-electron chi connectivity index (χ1n) is 4.75. The van der Waals surface area contributed by atoms with Gasteiger partial charge >= 0.3 is 5.97 Å². The molecule has 0 saturated carbocycles. The molecule has 0 amide bonds. The van der Waals surface area contributed by atoms with Crippen LogP contribution >= 0.6 is 11.3 Å². The second kappa shape index (κ2) is 4.16. The van der Waals surface area contributed by atoms with Gasteiger partial charge in [-0.05, 0) is 12.8 Å². The van der Waals surface area contributed by atoms with Crippen molar-refractivity contribution >= 4 is 22.3 Å². The molecule has 1 fully saturated rings. The van der Waals surface area contributed by atoms with Crippen LogP contribution in [0.15, 0.2) is 0 Å². The number of anilines is 1. The summed E-state index contributed by atoms with van der Waals surface area (Å²) in [7, 11) is 0. The Bertz CT molecular complexity index is 371. The van der Waals surface area contributed by atoms with Crippen molar-refractivity contribution < 1.29 is 14.6 Å². The average Bonchev–Trinajstić information content (AvgIpc) is 2.62. The Kier molecular flexibility index (Phi) is 2.88. The smallest absolute Gasteiger partial charge is 0.357 e. The van der Waals surface area contributed by atoms with Crippen LogP contribution in [0.1, 0.15) is 34.3 Å². The molecular formula is C9H12N2O3S. The van der Waals surface area contributed by atoms with E-state index in [2.05, 4.69) is 4.98 Å². The number of aromatic nitrogens is 1. The van der Waals surface area contributed by atoms with Crippen molar-refractivity contribution in [1.82, 2.24) is 4.98 Å². The van der Waals surface area contributed by atoms with Gasteiger partial charge in [-0.15, -0.1) is 11.3 Å². The molecule has 0 radical (unpaired) electrons. The number of ether oxygens (including phenoxy) is 1. The third kappa shape index (κ3) is 2.10. The van der Waals surface area contributed by atoms with Gasteiger partial charge in [0, 0.05) is 12.5 Å². The van der Waals surface area contributed by atoms with Gasteiger partial charge in [0.25, 0.3) is 0 Å². The maximum atomic E-state index is 10.8. The molecular weight excluding hydrogens is 216 g/mol. The first-order chi connectivity index (χ1) is 7.18. The Morgan fingerprint density at radius 1 is 1.67 bits per heavy atom. The Labute approximate surface area is 90.9 Å². The van der Waals surface area contributed by atoms with Crippen LogP contribution in [0.2, 0.25) is 0 Å². The van der Waals surface area contributed by atoms with Gasteiger partial charge in [0.05, 0.1) is 6.61 Å². The molecule has 82 valence electrons. The van der Waals surface area contributed by atoms with Gasteiger partial charge in [0.2, 0.25) is 0 Å². The largest absolute Gasteiger partial charge is 0.476 e. The van der Waals surface area contributed by atoms with E-state index in [0.29, 0.717) is 6.61 Å². The molecule has 0 spiro atoms. The molecule has 0 aliphatic carbocycles. The molecule has 1 aliphatic rings. The van der Waals surface area contributed by atoms with Crippen LogP contribution in [-0.4, -0.2) is 29.3 Å². The number of carbonyl (C=O) groups is 1. The van der Waals surface area contributed by atoms with Crippen molar-refractivity contribution in [3.8, 4) is 0 Å². The highest BCUT2D eigenvalue weighted by Crippen LogP contribution is 2.32. The zero-order chi connectivity index (χ0) is 10.8. The zero-order valence-corrected chi connectivity index (χ0v) is 8.92. The lowest BCUT2D eigenvalue weighted by molar-refractivity contribution is 0.0688. The van der Waals surface area contributed by atoms with Gasteiger partial charge in [-0.2, -0.15) is 0 Å². The van der Waals surface area contributed by atoms with E-state index >= 15 is 0 Å². The lowest BCUT2D eigenvalue weighted by Crippen LogP contribution is -2.15. The highest BCUT2D eigenvalue weighted by atomic mass is 32.1. The molecule has 5 nitrogen and oxygen atoms in total. The van der Waals surface area contributed by atoms with E-state index in [-0.39, 0.29) is 16.6 Å². The Morgan fingerprint density at radius 2 is 2.47 bits per heavy atom. The normalized spacial score (nSPS) is 21.5. The van der Waals surface area contributed by atoms with Crippen molar-refractivity contribution in [2.45, 2.75) is 18.8 Å². The molecule has 3 N–H and O–H groups in total. The first kappa shape index (κ1) is 10.4. The van der Waals surface area contributed by atoms with Crippen LogP contribution in [0.25, 0.3) is 0 Å². The minimum atomic E-state index is -1.06. The Morgan fingerprint density at radius 3 is 3.00 bits per heavy atom. The maximum absolute atomic E-state index is 10.8. The monoisotopic (exact) mass is 228 g/mol. The van der Waals surface area contributed by atoms with Crippen LogP contribution in [0, 0.1) is 0 Å². The molecule has 1 atom stereocenters. The van der Waals surface area contributed by atoms with E-state index in [1.807, 2.05) is 0 Å². The van der Waals surface area contributed by atoms with E-state index in [4.69, 9.17) is 15.6 Å². The second-order valence-corrected chi connectivity index (χ2v) is 4.55. The number of aromatic carboxylic acids is 1. The van der Waals surface area contributed by atoms with Crippen molar-refractivity contribution in [1.29, 1.82) is 0 Å². The summed E-state index contributed by atoms with van der Waals surface area (Å²) in [5.41, 5.74) is 5.56. The molecule has 1 aliphatic heterocycles. The van der Waals surface area contributed by atoms with E-state index < -0.39 is 5.97 Å². The van der Waals surface area contributed by atoms with E-state index in [1.54, 1.807) is 0 Å². The van der Waals surface area contributed by atoms with Crippen molar-refractivity contribution in [2.24, 2.45) is 0 Å². The lowest BCUT2D eigenvalue weighted by Gasteiger charge is -2.19. The first-order valence-corrected chi connectivity index (χ1v) is 5.57. The Balaban J connectivity index is 2.21. The summed E-state index contributed by atoms with van der Waals surface area (Å²) >= 11 is 1.26. The summed E-state index contributed by atoms with van der Waals surface area (Å²) < 4.78 is 5.32. The fourth-order valence-electron chi connectivity index (χ4n) is 1.61. The SMILES string of the molecule is Nc1sc(C2CCCOC2)nc1C(=O)O. The average molecular weight is 228 g/mol. The topological polar surface area (TPSA) is 85.4 Å². The quantitative estimate of drug-likeness (QED) is 0.797. The van der Waals surface area contributed by atoms with E-state index in [1.165, 1.54) is 11.3 Å². The van der Waals surface area contributed by atoms with Gasteiger partial charge in [0.1, 0.15) is 10.0 Å². The number of nitrogens with zero attached hydrogens (tertiary/aromatic N) is 1. The molecule has 1 aromatic heterocycles. The number of hydrogen-bond acceptors (Lipinski definition) is 5. The lowest BCUT2D eigenvalue weighted by atomic mass is 10.0. The summed E-state index contributed by atoms with van der Waals surface area (Å²) in [4.78, 5) is 14.8. The number of carboxylic acid groups (broad SMARTS) is 1. The maximum Gasteiger partial charge on any atom is 0.357 e. The summed E-state index contributed by atoms with van der Waals surface area (Å²) in [6, 6.07) is 0. The van der Waals surface area contributed by atoms with E-state index in [9.17, 15) is 4.79 Å². The Hall–Kier alpha value is -1.14. The number of carboxylic acids is 1. The van der Waals surface area contributed by atoms with Crippen LogP contribution in [0.5, 0.6) is 0 Å². The third-order valence-electron chi connectivity index (χ3n) is 2.38. The van der Waals surface area contributed by atoms with Crippen LogP contribution in [-0.2, 0) is 4.74 Å². The number of thiazole rings is 1. The van der Waals surface area contributed by atoms with Gasteiger partial charge in [0.15, 0.2) is 5.69 Å². The van der Waals surface area contributed by atoms with Crippen LogP contribution < -0.4 is 5.73 Å². The van der Waals surface area contributed by atoms with Gasteiger partial charge in [-0.25, -0.2) is 9.78 Å². The number of nitrogen functional groups attached to an aromatic ring is 1. The molecule has 1 aromatic rings. The summed E-state index contributed by atoms with van der Waals surface area (Å²) in [6.07, 6.45) is 1.98. The fraction of sp³-hybridized carbons (Fsp3) is 0.556. The minimum Gasteiger partial charge on any atom is -0.476 e. The molecule has 1 unspecified atom stereocenters.